The van der Waals surface area contributed by atoms with Crippen LogP contribution in [-0.4, -0.2) is 6.61 Å². The molecule has 1 aromatic rings. The summed E-state index contributed by atoms with van der Waals surface area (Å²) < 4.78 is 33.5. The largest absolute Gasteiger partial charge is 0.490 e. The van der Waals surface area contributed by atoms with Gasteiger partial charge in [0.25, 0.3) is 0 Å². The van der Waals surface area contributed by atoms with Gasteiger partial charge in [0.15, 0.2) is 11.6 Å². The molecule has 0 aliphatic heterocycles. The molecule has 0 aromatic heterocycles. The lowest BCUT2D eigenvalue weighted by Gasteiger charge is -2.21. The van der Waals surface area contributed by atoms with E-state index in [1.807, 2.05) is 6.08 Å². The molecule has 0 saturated heterocycles. The number of benzene rings is 1. The fourth-order valence-corrected chi connectivity index (χ4v) is 3.04. The number of ether oxygens (including phenoxy) is 1. The molecular weight excluding hydrogens is 270 g/mol. The molecule has 1 aromatic carbocycles. The molecule has 2 fully saturated rings. The first kappa shape index (κ1) is 14.6. The van der Waals surface area contributed by atoms with E-state index in [0.29, 0.717) is 24.0 Å². The zero-order valence-electron chi connectivity index (χ0n) is 12.3. The average Bonchev–Trinajstić information content (AvgIpc) is 2.94. The van der Waals surface area contributed by atoms with Gasteiger partial charge in [-0.1, -0.05) is 31.4 Å². The maximum atomic E-state index is 14.0. The minimum Gasteiger partial charge on any atom is -0.490 e. The van der Waals surface area contributed by atoms with Gasteiger partial charge in [-0.05, 0) is 49.7 Å². The molecule has 0 amide bonds. The molecule has 1 nitrogen and oxygen atoms in total. The molecule has 0 radical (unpaired) electrons. The molecule has 0 heterocycles. The Kier molecular flexibility index (Phi) is 4.57. The second-order valence-corrected chi connectivity index (χ2v) is 6.29. The molecule has 114 valence electrons. The number of rotatable bonds is 5. The summed E-state index contributed by atoms with van der Waals surface area (Å²) in [5.41, 5.74) is 0.313. The topological polar surface area (TPSA) is 9.23 Å². The van der Waals surface area contributed by atoms with Crippen molar-refractivity contribution < 1.29 is 13.5 Å². The van der Waals surface area contributed by atoms with Gasteiger partial charge in [-0.15, -0.1) is 0 Å². The van der Waals surface area contributed by atoms with Gasteiger partial charge in [0.2, 0.25) is 5.82 Å². The van der Waals surface area contributed by atoms with Crippen molar-refractivity contribution in [2.75, 3.05) is 6.61 Å². The van der Waals surface area contributed by atoms with Gasteiger partial charge in [0.05, 0.1) is 6.61 Å². The maximum Gasteiger partial charge on any atom is 0.201 e. The van der Waals surface area contributed by atoms with Crippen LogP contribution in [0.3, 0.4) is 0 Å². The molecular formula is C18H22F2O. The fourth-order valence-electron chi connectivity index (χ4n) is 3.04. The van der Waals surface area contributed by atoms with Crippen molar-refractivity contribution in [1.82, 2.24) is 0 Å². The van der Waals surface area contributed by atoms with E-state index < -0.39 is 11.6 Å². The van der Waals surface area contributed by atoms with E-state index in [-0.39, 0.29) is 5.75 Å². The van der Waals surface area contributed by atoms with Gasteiger partial charge < -0.3 is 4.74 Å². The summed E-state index contributed by atoms with van der Waals surface area (Å²) in [5, 5.41) is 0. The summed E-state index contributed by atoms with van der Waals surface area (Å²) in [4.78, 5) is 0. The Morgan fingerprint density at radius 1 is 1.00 bits per heavy atom. The molecule has 0 unspecified atom stereocenters. The lowest BCUT2D eigenvalue weighted by Crippen LogP contribution is -2.09. The quantitative estimate of drug-likeness (QED) is 0.711. The predicted octanol–water partition coefficient (Wildman–Crippen LogP) is 5.35. The van der Waals surface area contributed by atoms with Crippen LogP contribution >= 0.6 is 0 Å². The van der Waals surface area contributed by atoms with Crippen molar-refractivity contribution in [1.29, 1.82) is 0 Å². The van der Waals surface area contributed by atoms with Gasteiger partial charge >= 0.3 is 0 Å². The Hall–Kier alpha value is -1.38. The second-order valence-electron chi connectivity index (χ2n) is 6.29. The molecule has 2 aliphatic carbocycles. The Morgan fingerprint density at radius 2 is 1.76 bits per heavy atom. The molecule has 0 spiro atoms. The van der Waals surface area contributed by atoms with E-state index in [1.165, 1.54) is 19.3 Å². The first-order valence-electron chi connectivity index (χ1n) is 8.03. The summed E-state index contributed by atoms with van der Waals surface area (Å²) in [6.07, 6.45) is 11.9. The molecule has 3 rings (SSSR count). The van der Waals surface area contributed by atoms with Crippen molar-refractivity contribution >= 4 is 6.08 Å². The third kappa shape index (κ3) is 3.45. The van der Waals surface area contributed by atoms with Gasteiger partial charge in [0, 0.05) is 5.56 Å². The molecule has 3 heteroatoms. The van der Waals surface area contributed by atoms with Gasteiger partial charge in [0.1, 0.15) is 0 Å². The van der Waals surface area contributed by atoms with Crippen LogP contribution in [0.25, 0.3) is 6.08 Å². The SMILES string of the molecule is Fc1c(/C=C/C2CCC2)ccc(OCC2CCCC2)c1F. The minimum absolute atomic E-state index is 0.0418. The number of halogens is 2. The predicted molar refractivity (Wildman–Crippen MR) is 80.2 cm³/mol. The Labute approximate surface area is 125 Å². The van der Waals surface area contributed by atoms with E-state index in [9.17, 15) is 8.78 Å². The van der Waals surface area contributed by atoms with Crippen molar-refractivity contribution in [2.45, 2.75) is 44.9 Å². The maximum absolute atomic E-state index is 14.0. The van der Waals surface area contributed by atoms with E-state index >= 15 is 0 Å². The van der Waals surface area contributed by atoms with Crippen LogP contribution in [0.5, 0.6) is 5.75 Å². The molecule has 2 aliphatic rings. The highest BCUT2D eigenvalue weighted by molar-refractivity contribution is 5.52. The lowest BCUT2D eigenvalue weighted by atomic mass is 9.85. The Bertz CT molecular complexity index is 514. The minimum atomic E-state index is -0.858. The van der Waals surface area contributed by atoms with Crippen molar-refractivity contribution in [3.05, 3.63) is 35.4 Å². The van der Waals surface area contributed by atoms with Crippen LogP contribution in [0.4, 0.5) is 8.78 Å². The summed E-state index contributed by atoms with van der Waals surface area (Å²) >= 11 is 0. The number of hydrogen-bond donors (Lipinski definition) is 0. The monoisotopic (exact) mass is 292 g/mol. The van der Waals surface area contributed by atoms with Gasteiger partial charge in [-0.2, -0.15) is 4.39 Å². The fraction of sp³-hybridized carbons (Fsp3) is 0.556. The van der Waals surface area contributed by atoms with E-state index in [1.54, 1.807) is 18.2 Å². The number of allylic oxidation sites excluding steroid dienone is 1. The highest BCUT2D eigenvalue weighted by Crippen LogP contribution is 2.30. The van der Waals surface area contributed by atoms with Crippen LogP contribution < -0.4 is 4.74 Å². The van der Waals surface area contributed by atoms with Crippen LogP contribution in [-0.2, 0) is 0 Å². The van der Waals surface area contributed by atoms with E-state index in [2.05, 4.69) is 0 Å². The second kappa shape index (κ2) is 6.59. The third-order valence-corrected chi connectivity index (χ3v) is 4.72. The molecule has 21 heavy (non-hydrogen) atoms. The zero-order chi connectivity index (χ0) is 14.7. The summed E-state index contributed by atoms with van der Waals surface area (Å²) in [5.74, 6) is -0.588. The first-order chi connectivity index (χ1) is 10.2. The van der Waals surface area contributed by atoms with Gasteiger partial charge in [-0.25, -0.2) is 4.39 Å². The highest BCUT2D eigenvalue weighted by Gasteiger charge is 2.19. The van der Waals surface area contributed by atoms with Crippen LogP contribution in [0.15, 0.2) is 18.2 Å². The molecule has 0 atom stereocenters. The zero-order valence-corrected chi connectivity index (χ0v) is 12.3. The van der Waals surface area contributed by atoms with Gasteiger partial charge in [-0.3, -0.25) is 0 Å². The summed E-state index contributed by atoms with van der Waals surface area (Å²) in [6, 6.07) is 3.16. The standard InChI is InChI=1S/C18H22F2O/c19-17-15(9-8-13-6-3-7-13)10-11-16(18(17)20)21-12-14-4-1-2-5-14/h8-11,13-14H,1-7,12H2/b9-8+. The Balaban J connectivity index is 1.65. The van der Waals surface area contributed by atoms with Crippen molar-refractivity contribution in [2.24, 2.45) is 11.8 Å². The van der Waals surface area contributed by atoms with E-state index in [0.717, 1.165) is 25.7 Å². The molecule has 0 bridgehead atoms. The highest BCUT2D eigenvalue weighted by atomic mass is 19.2. The number of hydrogen-bond acceptors (Lipinski definition) is 1. The van der Waals surface area contributed by atoms with E-state index in [4.69, 9.17) is 4.74 Å². The normalized spacial score (nSPS) is 20.1. The van der Waals surface area contributed by atoms with Crippen LogP contribution in [0, 0.1) is 23.5 Å². The third-order valence-electron chi connectivity index (χ3n) is 4.72. The smallest absolute Gasteiger partial charge is 0.201 e. The molecule has 0 N–H and O–H groups in total. The molecule has 2 saturated carbocycles. The van der Waals surface area contributed by atoms with Crippen LogP contribution in [0.2, 0.25) is 0 Å². The van der Waals surface area contributed by atoms with Crippen LogP contribution in [0.1, 0.15) is 50.5 Å². The average molecular weight is 292 g/mol. The van der Waals surface area contributed by atoms with Crippen molar-refractivity contribution in [3.8, 4) is 5.75 Å². The summed E-state index contributed by atoms with van der Waals surface area (Å²) in [6.45, 7) is 0.494. The first-order valence-corrected chi connectivity index (χ1v) is 8.03. The summed E-state index contributed by atoms with van der Waals surface area (Å²) in [7, 11) is 0. The Morgan fingerprint density at radius 3 is 2.43 bits per heavy atom. The lowest BCUT2D eigenvalue weighted by molar-refractivity contribution is 0.239. The van der Waals surface area contributed by atoms with Crippen molar-refractivity contribution in [3.63, 3.8) is 0 Å².